The lowest BCUT2D eigenvalue weighted by atomic mass is 9.57. The van der Waals surface area contributed by atoms with Gasteiger partial charge < -0.3 is 5.11 Å². The predicted octanol–water partition coefficient (Wildman–Crippen LogP) is 1.31. The van der Waals surface area contributed by atoms with E-state index in [-0.39, 0.29) is 24.3 Å². The van der Waals surface area contributed by atoms with Crippen LogP contribution in [0.4, 0.5) is 8.78 Å². The summed E-state index contributed by atoms with van der Waals surface area (Å²) in [5, 5.41) is 9.12. The fourth-order valence-corrected chi connectivity index (χ4v) is 4.42. The Morgan fingerprint density at radius 3 is 2.00 bits per heavy atom. The summed E-state index contributed by atoms with van der Waals surface area (Å²) in [7, 11) is -3.09. The Labute approximate surface area is 97.9 Å². The molecule has 0 radical (unpaired) electrons. The minimum absolute atomic E-state index is 0.0851. The van der Waals surface area contributed by atoms with E-state index in [4.69, 9.17) is 5.11 Å². The molecule has 2 fully saturated rings. The molecule has 0 spiro atoms. The van der Waals surface area contributed by atoms with Gasteiger partial charge in [0, 0.05) is 12.8 Å². The van der Waals surface area contributed by atoms with Crippen LogP contribution >= 0.6 is 0 Å². The summed E-state index contributed by atoms with van der Waals surface area (Å²) < 4.78 is 48.3. The van der Waals surface area contributed by atoms with E-state index in [9.17, 15) is 22.0 Å². The Bertz CT molecular complexity index is 421. The molecule has 0 aromatic rings. The summed E-state index contributed by atoms with van der Waals surface area (Å²) in [6.45, 7) is 0. The second-order valence-corrected chi connectivity index (χ2v) is 7.40. The van der Waals surface area contributed by atoms with E-state index in [1.807, 2.05) is 0 Å². The average Bonchev–Trinajstić information content (AvgIpc) is 2.13. The maximum Gasteiger partial charge on any atom is 0.310 e. The summed E-state index contributed by atoms with van der Waals surface area (Å²) in [4.78, 5) is 11.2. The second kappa shape index (κ2) is 3.63. The number of carboxylic acid groups (broad SMARTS) is 1. The van der Waals surface area contributed by atoms with Crippen molar-refractivity contribution in [3.05, 3.63) is 0 Å². The van der Waals surface area contributed by atoms with Crippen molar-refractivity contribution in [1.29, 1.82) is 0 Å². The molecule has 2 rings (SSSR count). The van der Waals surface area contributed by atoms with Crippen molar-refractivity contribution in [3.8, 4) is 0 Å². The Balaban J connectivity index is 2.13. The smallest absolute Gasteiger partial charge is 0.310 e. The second-order valence-electron chi connectivity index (χ2n) is 5.10. The molecule has 7 heteroatoms. The van der Waals surface area contributed by atoms with Crippen molar-refractivity contribution in [3.63, 3.8) is 0 Å². The molecule has 0 aromatic carbocycles. The van der Waals surface area contributed by atoms with Gasteiger partial charge in [0.25, 0.3) is 0 Å². The lowest BCUT2D eigenvalue weighted by Crippen LogP contribution is -2.56. The van der Waals surface area contributed by atoms with Crippen LogP contribution in [0.1, 0.15) is 25.7 Å². The van der Waals surface area contributed by atoms with E-state index in [0.717, 1.165) is 0 Å². The molecule has 0 aromatic heterocycles. The standard InChI is InChI=1S/C10H14F2O4S/c11-10(12)5-9(6-10,8(13)14)7-1-3-17(15,16)4-2-7/h7H,1-6H2,(H,13,14). The van der Waals surface area contributed by atoms with Gasteiger partial charge in [-0.25, -0.2) is 17.2 Å². The number of aliphatic carboxylic acids is 1. The van der Waals surface area contributed by atoms with Crippen LogP contribution in [0, 0.1) is 11.3 Å². The number of hydrogen-bond donors (Lipinski definition) is 1. The molecule has 1 N–H and O–H groups in total. The topological polar surface area (TPSA) is 71.4 Å². The number of sulfone groups is 1. The van der Waals surface area contributed by atoms with Crippen LogP contribution in [0.15, 0.2) is 0 Å². The number of carboxylic acids is 1. The fourth-order valence-electron chi connectivity index (χ4n) is 2.93. The highest BCUT2D eigenvalue weighted by Crippen LogP contribution is 2.58. The van der Waals surface area contributed by atoms with Gasteiger partial charge in [-0.15, -0.1) is 0 Å². The summed E-state index contributed by atoms with van der Waals surface area (Å²) in [5.74, 6) is -4.73. The number of rotatable bonds is 2. The summed E-state index contributed by atoms with van der Waals surface area (Å²) in [5.41, 5.74) is -1.40. The van der Waals surface area contributed by atoms with E-state index >= 15 is 0 Å². The van der Waals surface area contributed by atoms with Crippen LogP contribution in [0.3, 0.4) is 0 Å². The Morgan fingerprint density at radius 1 is 1.18 bits per heavy atom. The normalized spacial score (nSPS) is 30.5. The zero-order chi connectivity index (χ0) is 12.9. The summed E-state index contributed by atoms with van der Waals surface area (Å²) in [6.07, 6.45) is -0.935. The highest BCUT2D eigenvalue weighted by atomic mass is 32.2. The van der Waals surface area contributed by atoms with Gasteiger partial charge >= 0.3 is 5.97 Å². The number of hydrogen-bond acceptors (Lipinski definition) is 3. The molecule has 1 saturated carbocycles. The predicted molar refractivity (Wildman–Crippen MR) is 55.6 cm³/mol. The Kier molecular flexibility index (Phi) is 2.72. The molecule has 1 saturated heterocycles. The highest BCUT2D eigenvalue weighted by molar-refractivity contribution is 7.91. The van der Waals surface area contributed by atoms with E-state index in [1.165, 1.54) is 0 Å². The first kappa shape index (κ1) is 12.7. The maximum absolute atomic E-state index is 12.9. The van der Waals surface area contributed by atoms with Gasteiger partial charge in [0.1, 0.15) is 9.84 Å². The molecule has 1 aliphatic carbocycles. The molecule has 1 aliphatic heterocycles. The van der Waals surface area contributed by atoms with E-state index < -0.39 is 45.9 Å². The average molecular weight is 268 g/mol. The SMILES string of the molecule is O=C(O)C1(C2CCS(=O)(=O)CC2)CC(F)(F)C1. The third-order valence-corrected chi connectivity index (χ3v) is 5.63. The molecule has 0 amide bonds. The van der Waals surface area contributed by atoms with Gasteiger partial charge in [-0.2, -0.15) is 0 Å². The maximum atomic E-state index is 12.9. The van der Waals surface area contributed by atoms with Crippen LogP contribution in [0.5, 0.6) is 0 Å². The number of alkyl halides is 2. The zero-order valence-electron chi connectivity index (χ0n) is 9.16. The first-order valence-electron chi connectivity index (χ1n) is 5.49. The summed E-state index contributed by atoms with van der Waals surface area (Å²) >= 11 is 0. The lowest BCUT2D eigenvalue weighted by Gasteiger charge is -2.49. The van der Waals surface area contributed by atoms with Crippen molar-refractivity contribution >= 4 is 15.8 Å². The number of carbonyl (C=O) groups is 1. The molecule has 0 unspecified atom stereocenters. The molecule has 0 atom stereocenters. The van der Waals surface area contributed by atoms with Crippen molar-refractivity contribution < 1.29 is 27.1 Å². The molecule has 17 heavy (non-hydrogen) atoms. The Hall–Kier alpha value is -0.720. The third kappa shape index (κ3) is 2.17. The first-order chi connectivity index (χ1) is 7.67. The lowest BCUT2D eigenvalue weighted by molar-refractivity contribution is -0.207. The zero-order valence-corrected chi connectivity index (χ0v) is 9.97. The highest BCUT2D eigenvalue weighted by Gasteiger charge is 2.64. The third-order valence-electron chi connectivity index (χ3n) is 3.91. The van der Waals surface area contributed by atoms with Crippen molar-refractivity contribution in [2.24, 2.45) is 11.3 Å². The van der Waals surface area contributed by atoms with Crippen molar-refractivity contribution in [2.45, 2.75) is 31.6 Å². The van der Waals surface area contributed by atoms with E-state index in [1.54, 1.807) is 0 Å². The van der Waals surface area contributed by atoms with Gasteiger partial charge in [0.15, 0.2) is 0 Å². The van der Waals surface area contributed by atoms with E-state index in [0.29, 0.717) is 0 Å². The van der Waals surface area contributed by atoms with Gasteiger partial charge in [-0.3, -0.25) is 4.79 Å². The molecule has 1 heterocycles. The molecule has 2 aliphatic rings. The van der Waals surface area contributed by atoms with Gasteiger partial charge in [0.2, 0.25) is 5.92 Å². The van der Waals surface area contributed by atoms with Crippen LogP contribution in [-0.4, -0.2) is 36.9 Å². The monoisotopic (exact) mass is 268 g/mol. The van der Waals surface area contributed by atoms with Crippen molar-refractivity contribution in [2.75, 3.05) is 11.5 Å². The number of halogens is 2. The molecular formula is C10H14F2O4S. The minimum Gasteiger partial charge on any atom is -0.481 e. The van der Waals surface area contributed by atoms with Gasteiger partial charge in [0.05, 0.1) is 16.9 Å². The van der Waals surface area contributed by atoms with Crippen LogP contribution in [-0.2, 0) is 14.6 Å². The Morgan fingerprint density at radius 2 is 1.65 bits per heavy atom. The molecule has 4 nitrogen and oxygen atoms in total. The summed E-state index contributed by atoms with van der Waals surface area (Å²) in [6, 6.07) is 0. The van der Waals surface area contributed by atoms with Crippen LogP contribution in [0.25, 0.3) is 0 Å². The van der Waals surface area contributed by atoms with Crippen molar-refractivity contribution in [1.82, 2.24) is 0 Å². The molecule has 0 bridgehead atoms. The quantitative estimate of drug-likeness (QED) is 0.819. The first-order valence-corrected chi connectivity index (χ1v) is 7.31. The van der Waals surface area contributed by atoms with Gasteiger partial charge in [-0.05, 0) is 18.8 Å². The molecule has 98 valence electrons. The fraction of sp³-hybridized carbons (Fsp3) is 0.900. The van der Waals surface area contributed by atoms with Crippen LogP contribution in [0.2, 0.25) is 0 Å². The van der Waals surface area contributed by atoms with E-state index in [2.05, 4.69) is 0 Å². The minimum atomic E-state index is -3.09. The largest absolute Gasteiger partial charge is 0.481 e. The van der Waals surface area contributed by atoms with Gasteiger partial charge in [-0.1, -0.05) is 0 Å². The van der Waals surface area contributed by atoms with Crippen LogP contribution < -0.4 is 0 Å². The molecular weight excluding hydrogens is 254 g/mol.